The van der Waals surface area contributed by atoms with Gasteiger partial charge in [0, 0.05) is 37.8 Å². The van der Waals surface area contributed by atoms with Gasteiger partial charge in [-0.15, -0.1) is 0 Å². The Morgan fingerprint density at radius 3 is 2.36 bits per heavy atom. The highest BCUT2D eigenvalue weighted by Crippen LogP contribution is 2.24. The first-order valence-electron chi connectivity index (χ1n) is 8.28. The van der Waals surface area contributed by atoms with Crippen LogP contribution < -0.4 is 10.2 Å². The standard InChI is InChI=1S/C21H25FN2O/c1-21(2,18-7-5-6-8-19(18)22)15-23-20(25)14-11-16-9-12-17(13-10-16)24(3)4/h5-14H,15H2,1-4H3,(H,23,25)/b14-11+. The quantitative estimate of drug-likeness (QED) is 0.806. The topological polar surface area (TPSA) is 32.3 Å². The number of rotatable bonds is 6. The molecule has 0 heterocycles. The fraction of sp³-hybridized carbons (Fsp3) is 0.286. The van der Waals surface area contributed by atoms with Crippen molar-refractivity contribution in [1.29, 1.82) is 0 Å². The van der Waals surface area contributed by atoms with Crippen LogP contribution in [0, 0.1) is 5.82 Å². The van der Waals surface area contributed by atoms with Crippen molar-refractivity contribution < 1.29 is 9.18 Å². The molecule has 0 aliphatic heterocycles. The number of nitrogens with one attached hydrogen (secondary N) is 1. The van der Waals surface area contributed by atoms with Crippen molar-refractivity contribution in [2.45, 2.75) is 19.3 Å². The van der Waals surface area contributed by atoms with E-state index in [0.29, 0.717) is 12.1 Å². The molecule has 1 N–H and O–H groups in total. The first-order chi connectivity index (χ1) is 11.8. The van der Waals surface area contributed by atoms with Crippen LogP contribution in [0.25, 0.3) is 6.08 Å². The molecule has 0 saturated carbocycles. The van der Waals surface area contributed by atoms with E-state index in [4.69, 9.17) is 0 Å². The minimum absolute atomic E-state index is 0.193. The Hall–Kier alpha value is -2.62. The smallest absolute Gasteiger partial charge is 0.244 e. The SMILES string of the molecule is CN(C)c1ccc(/C=C/C(=O)NCC(C)(C)c2ccccc2F)cc1. The molecular formula is C21H25FN2O. The van der Waals surface area contributed by atoms with Gasteiger partial charge in [0.2, 0.25) is 5.91 Å². The fourth-order valence-electron chi connectivity index (χ4n) is 2.53. The highest BCUT2D eigenvalue weighted by molar-refractivity contribution is 5.91. The summed E-state index contributed by atoms with van der Waals surface area (Å²) in [4.78, 5) is 14.1. The van der Waals surface area contributed by atoms with E-state index in [1.807, 2.05) is 57.1 Å². The van der Waals surface area contributed by atoms with E-state index in [1.165, 1.54) is 12.1 Å². The van der Waals surface area contributed by atoms with Crippen molar-refractivity contribution in [3.05, 3.63) is 71.6 Å². The highest BCUT2D eigenvalue weighted by atomic mass is 19.1. The monoisotopic (exact) mass is 340 g/mol. The number of nitrogens with zero attached hydrogens (tertiary/aromatic N) is 1. The lowest BCUT2D eigenvalue weighted by Crippen LogP contribution is -2.36. The molecule has 1 amide bonds. The van der Waals surface area contributed by atoms with Gasteiger partial charge in [-0.3, -0.25) is 4.79 Å². The molecule has 0 aromatic heterocycles. The minimum atomic E-state index is -0.484. The summed E-state index contributed by atoms with van der Waals surface area (Å²) in [5.74, 6) is -0.445. The molecule has 3 nitrogen and oxygen atoms in total. The number of carbonyl (C=O) groups is 1. The van der Waals surface area contributed by atoms with Gasteiger partial charge in [0.15, 0.2) is 0 Å². The van der Waals surface area contributed by atoms with Crippen LogP contribution in [-0.2, 0) is 10.2 Å². The van der Waals surface area contributed by atoms with E-state index >= 15 is 0 Å². The molecular weight excluding hydrogens is 315 g/mol. The molecule has 25 heavy (non-hydrogen) atoms. The van der Waals surface area contributed by atoms with Crippen LogP contribution in [0.5, 0.6) is 0 Å². The second-order valence-corrected chi connectivity index (χ2v) is 6.90. The molecule has 2 aromatic carbocycles. The predicted molar refractivity (Wildman–Crippen MR) is 102 cm³/mol. The van der Waals surface area contributed by atoms with Crippen LogP contribution >= 0.6 is 0 Å². The molecule has 4 heteroatoms. The summed E-state index contributed by atoms with van der Waals surface area (Å²) in [6, 6.07) is 14.6. The van der Waals surface area contributed by atoms with Gasteiger partial charge in [-0.05, 0) is 35.4 Å². The second kappa shape index (κ2) is 7.97. The highest BCUT2D eigenvalue weighted by Gasteiger charge is 2.24. The summed E-state index contributed by atoms with van der Waals surface area (Å²) in [6.45, 7) is 4.18. The molecule has 0 fully saturated rings. The van der Waals surface area contributed by atoms with Crippen LogP contribution in [0.2, 0.25) is 0 Å². The maximum atomic E-state index is 13.9. The molecule has 0 bridgehead atoms. The number of benzene rings is 2. The summed E-state index contributed by atoms with van der Waals surface area (Å²) in [5, 5.41) is 2.85. The largest absolute Gasteiger partial charge is 0.378 e. The van der Waals surface area contributed by atoms with E-state index in [0.717, 1.165) is 11.3 Å². The van der Waals surface area contributed by atoms with Crippen molar-refractivity contribution >= 4 is 17.7 Å². The maximum Gasteiger partial charge on any atom is 0.244 e. The van der Waals surface area contributed by atoms with Gasteiger partial charge in [-0.25, -0.2) is 4.39 Å². The lowest BCUT2D eigenvalue weighted by molar-refractivity contribution is -0.116. The predicted octanol–water partition coefficient (Wildman–Crippen LogP) is 4.00. The Morgan fingerprint density at radius 1 is 1.12 bits per heavy atom. The van der Waals surface area contributed by atoms with E-state index < -0.39 is 5.41 Å². The third kappa shape index (κ3) is 5.18. The summed E-state index contributed by atoms with van der Waals surface area (Å²) in [6.07, 6.45) is 3.27. The molecule has 0 aliphatic carbocycles. The molecule has 0 atom stereocenters. The van der Waals surface area contributed by atoms with Gasteiger partial charge in [0.05, 0.1) is 0 Å². The van der Waals surface area contributed by atoms with Crippen molar-refractivity contribution in [2.75, 3.05) is 25.5 Å². The summed E-state index contributed by atoms with van der Waals surface area (Å²) >= 11 is 0. The number of hydrogen-bond acceptors (Lipinski definition) is 2. The number of amides is 1. The lowest BCUT2D eigenvalue weighted by atomic mass is 9.84. The van der Waals surface area contributed by atoms with Crippen LogP contribution in [0.3, 0.4) is 0 Å². The Labute approximate surface area is 149 Å². The molecule has 0 radical (unpaired) electrons. The minimum Gasteiger partial charge on any atom is -0.378 e. The van der Waals surface area contributed by atoms with Crippen LogP contribution in [0.4, 0.5) is 10.1 Å². The number of halogens is 1. The van der Waals surface area contributed by atoms with Gasteiger partial charge in [0.25, 0.3) is 0 Å². The van der Waals surface area contributed by atoms with Crippen LogP contribution in [0.1, 0.15) is 25.0 Å². The molecule has 0 unspecified atom stereocenters. The Balaban J connectivity index is 1.95. The molecule has 0 spiro atoms. The summed E-state index contributed by atoms with van der Waals surface area (Å²) in [5.41, 5.74) is 2.17. The second-order valence-electron chi connectivity index (χ2n) is 6.90. The van der Waals surface area contributed by atoms with Gasteiger partial charge < -0.3 is 10.2 Å². The van der Waals surface area contributed by atoms with Crippen LogP contribution in [0.15, 0.2) is 54.6 Å². The van der Waals surface area contributed by atoms with Crippen molar-refractivity contribution in [1.82, 2.24) is 5.32 Å². The first-order valence-corrected chi connectivity index (χ1v) is 8.28. The molecule has 132 valence electrons. The van der Waals surface area contributed by atoms with E-state index in [9.17, 15) is 9.18 Å². The van der Waals surface area contributed by atoms with Crippen LogP contribution in [-0.4, -0.2) is 26.5 Å². The van der Waals surface area contributed by atoms with Gasteiger partial charge in [-0.2, -0.15) is 0 Å². The van der Waals surface area contributed by atoms with Gasteiger partial charge in [-0.1, -0.05) is 44.2 Å². The van der Waals surface area contributed by atoms with E-state index in [2.05, 4.69) is 5.32 Å². The van der Waals surface area contributed by atoms with E-state index in [1.54, 1.807) is 24.3 Å². The number of carbonyl (C=O) groups excluding carboxylic acids is 1. The average Bonchev–Trinajstić information content (AvgIpc) is 2.59. The number of anilines is 1. The van der Waals surface area contributed by atoms with Crippen molar-refractivity contribution in [3.63, 3.8) is 0 Å². The Kier molecular flexibility index (Phi) is 5.97. The first kappa shape index (κ1) is 18.7. The fourth-order valence-corrected chi connectivity index (χ4v) is 2.53. The van der Waals surface area contributed by atoms with Crippen molar-refractivity contribution in [2.24, 2.45) is 0 Å². The zero-order valence-electron chi connectivity index (χ0n) is 15.2. The zero-order chi connectivity index (χ0) is 18.4. The summed E-state index contributed by atoms with van der Waals surface area (Å²) in [7, 11) is 3.96. The lowest BCUT2D eigenvalue weighted by Gasteiger charge is -2.25. The third-order valence-corrected chi connectivity index (χ3v) is 4.14. The Morgan fingerprint density at radius 2 is 1.76 bits per heavy atom. The van der Waals surface area contributed by atoms with Gasteiger partial charge in [0.1, 0.15) is 5.82 Å². The molecule has 0 saturated heterocycles. The molecule has 0 aliphatic rings. The van der Waals surface area contributed by atoms with Gasteiger partial charge >= 0.3 is 0 Å². The Bertz CT molecular complexity index is 749. The summed E-state index contributed by atoms with van der Waals surface area (Å²) < 4.78 is 13.9. The molecule has 2 aromatic rings. The molecule has 2 rings (SSSR count). The van der Waals surface area contributed by atoms with Crippen molar-refractivity contribution in [3.8, 4) is 0 Å². The third-order valence-electron chi connectivity index (χ3n) is 4.14. The normalized spacial score (nSPS) is 11.6. The average molecular weight is 340 g/mol. The zero-order valence-corrected chi connectivity index (χ0v) is 15.2. The van der Waals surface area contributed by atoms with E-state index in [-0.39, 0.29) is 11.7 Å². The maximum absolute atomic E-state index is 13.9. The number of hydrogen-bond donors (Lipinski definition) is 1.